The quantitative estimate of drug-likeness (QED) is 0.0597. The molecule has 15 rings (SSSR count). The Morgan fingerprint density at radius 1 is 0.342 bits per heavy atom. The second kappa shape index (κ2) is 47.8. The van der Waals surface area contributed by atoms with E-state index in [-0.39, 0.29) is 111 Å². The van der Waals surface area contributed by atoms with E-state index >= 15 is 0 Å². The Bertz CT molecular complexity index is 4510. The third kappa shape index (κ3) is 28.9. The largest absolute Gasteiger partial charge is 0.477 e. The average molecular weight is 2190 g/mol. The monoisotopic (exact) mass is 2190 g/mol. The molecule has 111 heavy (non-hydrogen) atoms. The molecule has 5 aromatic heterocycles. The fourth-order valence-corrected chi connectivity index (χ4v) is 10.2. The molecule has 0 bridgehead atoms. The molecule has 4 atom stereocenters. The van der Waals surface area contributed by atoms with Crippen molar-refractivity contribution in [2.45, 2.75) is 92.6 Å². The van der Waals surface area contributed by atoms with E-state index in [1.54, 1.807) is 39.8 Å². The van der Waals surface area contributed by atoms with E-state index in [2.05, 4.69) is 192 Å². The van der Waals surface area contributed by atoms with Crippen LogP contribution in [0.5, 0.6) is 0 Å². The van der Waals surface area contributed by atoms with E-state index in [0.717, 1.165) is 79.2 Å². The Hall–Kier alpha value is -10.2. The van der Waals surface area contributed by atoms with Crippen molar-refractivity contribution in [2.75, 3.05) is 0 Å². The van der Waals surface area contributed by atoms with Crippen LogP contribution in [-0.4, -0.2) is 111 Å². The van der Waals surface area contributed by atoms with Gasteiger partial charge in [-0.25, -0.2) is 9.78 Å². The van der Waals surface area contributed by atoms with Crippen LogP contribution in [0.2, 0.25) is 0 Å². The van der Waals surface area contributed by atoms with E-state index < -0.39 is 5.97 Å². The molecule has 0 saturated heterocycles. The maximum absolute atomic E-state index is 10.1. The maximum Gasteiger partial charge on any atom is 0.354 e. The Balaban J connectivity index is 0.000000241. The molecule has 5 heterocycles. The van der Waals surface area contributed by atoms with Gasteiger partial charge in [-0.15, -0.1) is 152 Å². The van der Waals surface area contributed by atoms with Gasteiger partial charge in [-0.2, -0.15) is 20.4 Å². The minimum Gasteiger partial charge on any atom is -0.477 e. The van der Waals surface area contributed by atoms with Crippen molar-refractivity contribution in [1.29, 1.82) is 0 Å². The van der Waals surface area contributed by atoms with E-state index in [4.69, 9.17) is 34.4 Å². The minimum absolute atomic E-state index is 0. The molecule has 10 aromatic carbocycles. The molecule has 0 aliphatic carbocycles. The van der Waals surface area contributed by atoms with Gasteiger partial charge in [0.15, 0.2) is 23.4 Å². The molecular weight excluding hydrogens is 2110 g/mol. The summed E-state index contributed by atoms with van der Waals surface area (Å²) in [6, 6.07) is 101. The number of carbonyl (C=O) groups is 1. The van der Waals surface area contributed by atoms with Crippen LogP contribution in [0.15, 0.2) is 288 Å². The summed E-state index contributed by atoms with van der Waals surface area (Å²) in [4.78, 5) is 13.7. The fourth-order valence-electron chi connectivity index (χ4n) is 10.2. The first-order valence-electron chi connectivity index (χ1n) is 34.6. The second-order valence-electron chi connectivity index (χ2n) is 24.8. The summed E-state index contributed by atoms with van der Waals surface area (Å²) in [5.41, 5.74) is 14.3. The Kier molecular flexibility index (Phi) is 39.4. The van der Waals surface area contributed by atoms with E-state index in [1.165, 1.54) is 34.5 Å². The Morgan fingerprint density at radius 3 is 0.955 bits per heavy atom. The smallest absolute Gasteiger partial charge is 0.354 e. The van der Waals surface area contributed by atoms with Crippen LogP contribution in [0.25, 0.3) is 103 Å². The zero-order chi connectivity index (χ0) is 75.9. The number of aliphatic hydroxyl groups is 4. The number of aromatic carboxylic acids is 1. The second-order valence-corrected chi connectivity index (χ2v) is 24.8. The molecule has 5 N–H and O–H groups in total. The number of pyridine rings is 1. The van der Waals surface area contributed by atoms with Gasteiger partial charge in [-0.05, 0) is 115 Å². The topological polar surface area (TPSA) is 270 Å². The molecule has 0 aliphatic rings. The molecule has 0 saturated carbocycles. The number of aromatic nitrogens is 11. The molecule has 15 aromatic rings. The number of nitrogens with zero attached hydrogens (tertiary/aromatic N) is 11. The van der Waals surface area contributed by atoms with Gasteiger partial charge in [0.05, 0.1) is 36.1 Å². The van der Waals surface area contributed by atoms with Gasteiger partial charge in [0.1, 0.15) is 5.69 Å². The summed E-state index contributed by atoms with van der Waals surface area (Å²) in [7, 11) is 0. The predicted molar refractivity (Wildman–Crippen MR) is 416 cm³/mol. The number of rotatable bonds is 15. The first kappa shape index (κ1) is 91.4. The summed E-state index contributed by atoms with van der Waals surface area (Å²) < 4.78 is 15.4. The number of para-hydroxylation sites is 2. The van der Waals surface area contributed by atoms with Crippen molar-refractivity contribution in [1.82, 2.24) is 54.9 Å². The maximum atomic E-state index is 10.1. The standard InChI is InChI=1S/2C22H18N3.2C14H9N2O.C6H5NO2.2C5H12O2.4Ir/c2*1-16-8-12-18(13-9-16)21-23-24-22(19-14-10-17(2)11-15-19)25(21)20-6-4-3-5-7-20;2*1-3-7-11(8-4-1)13-15-16-14(17-13)12-9-5-2-6-10-12;8-6(9)5-3-1-2-4-7-5;2*1-4(6)3-5(2)7;;;;/h2*3-14H,1-2H3;2*1-9H;1-4H,(H,8,9);2*4-7H,3H2,1-2H3;;;;/q4*-1;;;;;;;. The summed E-state index contributed by atoms with van der Waals surface area (Å²) in [6.07, 6.45) is 0.892. The fraction of sp³-hybridized carbons (Fsp3) is 0.159. The molecule has 578 valence electrons. The first-order valence-corrected chi connectivity index (χ1v) is 34.6. The van der Waals surface area contributed by atoms with Crippen molar-refractivity contribution in [3.05, 3.63) is 331 Å². The molecule has 0 spiro atoms. The van der Waals surface area contributed by atoms with E-state index in [0.29, 0.717) is 36.4 Å². The predicted octanol–water partition coefficient (Wildman–Crippen LogP) is 17.5. The Morgan fingerprint density at radius 2 is 0.667 bits per heavy atom. The van der Waals surface area contributed by atoms with Crippen LogP contribution in [0.1, 0.15) is 73.3 Å². The molecule has 19 nitrogen and oxygen atoms in total. The number of hydrogen-bond acceptors (Lipinski definition) is 16. The van der Waals surface area contributed by atoms with Crippen LogP contribution in [0.3, 0.4) is 0 Å². The van der Waals surface area contributed by atoms with Crippen LogP contribution in [-0.2, 0) is 80.4 Å². The number of hydrogen-bond donors (Lipinski definition) is 5. The number of benzene rings is 10. The van der Waals surface area contributed by atoms with Crippen molar-refractivity contribution >= 4 is 5.97 Å². The van der Waals surface area contributed by atoms with Gasteiger partial charge in [-0.1, -0.05) is 163 Å². The zero-order valence-corrected chi connectivity index (χ0v) is 71.6. The van der Waals surface area contributed by atoms with Crippen molar-refractivity contribution in [2.24, 2.45) is 0 Å². The SMILES string of the molecule is CC(O)CC(C)O.CC(O)CC(C)O.Cc1c[c-]c(-c2nnc(-c3ccc(C)cc3)n2-c2ccccc2)cc1.Cc1c[c-]c(-c2nnc(-c3ccc(C)cc3)n2-c2ccccc2)cc1.O=C(O)c1ccccn1.[Ir].[Ir].[Ir].[Ir].[c-]1ccccc1-c1nnc(-c2ccccc2)o1.[c-]1ccccc1-c1nnc(-c2ccccc2)o1. The van der Waals surface area contributed by atoms with Gasteiger partial charge in [0.25, 0.3) is 0 Å². The minimum atomic E-state index is -0.990. The molecule has 23 heteroatoms. The summed E-state index contributed by atoms with van der Waals surface area (Å²) in [5, 5.41) is 76.6. The number of aliphatic hydroxyl groups excluding tert-OH is 4. The first-order chi connectivity index (χ1) is 51.9. The summed E-state index contributed by atoms with van der Waals surface area (Å²) in [6.45, 7) is 14.9. The number of aryl methyl sites for hydroxylation is 4. The van der Waals surface area contributed by atoms with E-state index in [9.17, 15) is 4.79 Å². The molecule has 4 radical (unpaired) electrons. The third-order valence-corrected chi connectivity index (χ3v) is 15.4. The van der Waals surface area contributed by atoms with Gasteiger partial charge >= 0.3 is 5.97 Å². The van der Waals surface area contributed by atoms with Gasteiger partial charge in [-0.3, -0.25) is 0 Å². The zero-order valence-electron chi connectivity index (χ0n) is 62.0. The third-order valence-electron chi connectivity index (χ3n) is 15.4. The number of carboxylic acids is 1. The Labute approximate surface area is 701 Å². The number of carboxylic acid groups (broad SMARTS) is 1. The molecular formula is C88H83Ir4N11O8-4. The van der Waals surface area contributed by atoms with Crippen LogP contribution >= 0.6 is 0 Å². The van der Waals surface area contributed by atoms with Gasteiger partial charge in [0.2, 0.25) is 11.8 Å². The molecule has 0 fully saturated rings. The van der Waals surface area contributed by atoms with Crippen LogP contribution < -0.4 is 0 Å². The summed E-state index contributed by atoms with van der Waals surface area (Å²) in [5.74, 6) is 4.29. The van der Waals surface area contributed by atoms with Crippen molar-refractivity contribution in [3.8, 4) is 103 Å². The average Bonchev–Trinajstić information content (AvgIpc) is 1.65. The van der Waals surface area contributed by atoms with Crippen molar-refractivity contribution in [3.63, 3.8) is 0 Å². The van der Waals surface area contributed by atoms with Crippen LogP contribution in [0, 0.1) is 52.0 Å². The molecule has 4 unspecified atom stereocenters. The van der Waals surface area contributed by atoms with E-state index in [1.807, 2.05) is 170 Å². The molecule has 0 amide bonds. The molecule has 0 aliphatic heterocycles. The normalized spacial score (nSPS) is 11.1. The van der Waals surface area contributed by atoms with Crippen molar-refractivity contribution < 1.29 is 120 Å². The van der Waals surface area contributed by atoms with Crippen LogP contribution in [0.4, 0.5) is 0 Å². The van der Waals surface area contributed by atoms with Gasteiger partial charge < -0.3 is 43.5 Å². The van der Waals surface area contributed by atoms with Gasteiger partial charge in [0, 0.05) is 120 Å². The summed E-state index contributed by atoms with van der Waals surface area (Å²) >= 11 is 0.